The van der Waals surface area contributed by atoms with E-state index in [0.717, 1.165) is 24.1 Å². The summed E-state index contributed by atoms with van der Waals surface area (Å²) in [6.45, 7) is 6.25. The Morgan fingerprint density at radius 1 is 1.16 bits per heavy atom. The maximum atomic E-state index is 13.1. The van der Waals surface area contributed by atoms with Crippen LogP contribution >= 0.6 is 23.2 Å². The molecule has 0 amide bonds. The molecule has 0 aliphatic carbocycles. The lowest BCUT2D eigenvalue weighted by Crippen LogP contribution is -2.24. The topological polar surface area (TPSA) is 39.3 Å². The van der Waals surface area contributed by atoms with Gasteiger partial charge < -0.3 is 0 Å². The average Bonchev–Trinajstić information content (AvgIpc) is 2.91. The van der Waals surface area contributed by atoms with E-state index in [4.69, 9.17) is 28.3 Å². The molecule has 132 valence electrons. The molecular formula is C19H21Cl2N3O. The summed E-state index contributed by atoms with van der Waals surface area (Å²) in [4.78, 5) is 13.1. The van der Waals surface area contributed by atoms with Gasteiger partial charge >= 0.3 is 0 Å². The highest BCUT2D eigenvalue weighted by Crippen LogP contribution is 2.31. The Balaban J connectivity index is 2.36. The number of halogens is 2. The fraction of sp³-hybridized carbons (Fsp3) is 0.368. The van der Waals surface area contributed by atoms with Gasteiger partial charge in [0, 0.05) is 23.3 Å². The minimum atomic E-state index is -0.0731. The predicted molar refractivity (Wildman–Crippen MR) is 104 cm³/mol. The normalized spacial score (nSPS) is 11.6. The smallest absolute Gasteiger partial charge is 0.278 e. The highest BCUT2D eigenvalue weighted by molar-refractivity contribution is 6.35. The van der Waals surface area contributed by atoms with Crippen LogP contribution in [0, 0.1) is 6.92 Å². The third-order valence-corrected chi connectivity index (χ3v) is 5.36. The van der Waals surface area contributed by atoms with Crippen LogP contribution in [0.5, 0.6) is 0 Å². The summed E-state index contributed by atoms with van der Waals surface area (Å²) in [5.74, 6) is 0.846. The van der Waals surface area contributed by atoms with Crippen LogP contribution in [-0.4, -0.2) is 14.2 Å². The minimum Gasteiger partial charge on any atom is -0.292 e. The molecule has 0 fully saturated rings. The zero-order chi connectivity index (χ0) is 18.3. The molecule has 6 heteroatoms. The van der Waals surface area contributed by atoms with Crippen LogP contribution in [-0.2, 0) is 7.05 Å². The van der Waals surface area contributed by atoms with E-state index in [0.29, 0.717) is 32.9 Å². The molecule has 0 radical (unpaired) electrons. The summed E-state index contributed by atoms with van der Waals surface area (Å²) >= 11 is 12.4. The molecule has 0 saturated carbocycles. The average molecular weight is 378 g/mol. The molecule has 2 heterocycles. The molecule has 0 spiro atoms. The van der Waals surface area contributed by atoms with Crippen LogP contribution < -0.4 is 5.56 Å². The van der Waals surface area contributed by atoms with E-state index in [1.54, 1.807) is 34.3 Å². The first kappa shape index (κ1) is 18.0. The van der Waals surface area contributed by atoms with Crippen LogP contribution in [0.1, 0.15) is 43.9 Å². The van der Waals surface area contributed by atoms with E-state index in [1.807, 2.05) is 6.92 Å². The second-order valence-electron chi connectivity index (χ2n) is 6.33. The second kappa shape index (κ2) is 6.85. The standard InChI is InChI=1S/C19H21Cl2N3O/c1-5-12(6-2)14-9-11(3)24-17(14)19(25)23(4)18(22-24)15-10-13(20)7-8-16(15)21/h7-10,12H,5-6H2,1-4H3. The third-order valence-electron chi connectivity index (χ3n) is 4.80. The summed E-state index contributed by atoms with van der Waals surface area (Å²) in [5.41, 5.74) is 3.23. The Kier molecular flexibility index (Phi) is 4.94. The number of aromatic nitrogens is 3. The van der Waals surface area contributed by atoms with Gasteiger partial charge in [-0.25, -0.2) is 4.52 Å². The molecule has 0 atom stereocenters. The van der Waals surface area contributed by atoms with Crippen LogP contribution in [0.2, 0.25) is 10.0 Å². The summed E-state index contributed by atoms with van der Waals surface area (Å²) in [7, 11) is 1.72. The van der Waals surface area contributed by atoms with E-state index in [9.17, 15) is 4.79 Å². The van der Waals surface area contributed by atoms with E-state index < -0.39 is 0 Å². The molecule has 25 heavy (non-hydrogen) atoms. The molecule has 0 saturated heterocycles. The van der Waals surface area contributed by atoms with Gasteiger partial charge in [0.25, 0.3) is 5.56 Å². The first-order valence-electron chi connectivity index (χ1n) is 8.43. The van der Waals surface area contributed by atoms with Crippen molar-refractivity contribution in [3.8, 4) is 11.4 Å². The van der Waals surface area contributed by atoms with Crippen molar-refractivity contribution in [1.82, 2.24) is 14.2 Å². The molecule has 2 aromatic heterocycles. The van der Waals surface area contributed by atoms with Crippen molar-refractivity contribution in [2.45, 2.75) is 39.5 Å². The lowest BCUT2D eigenvalue weighted by molar-refractivity contribution is 0.644. The molecule has 1 aromatic carbocycles. The molecule has 0 bridgehead atoms. The van der Waals surface area contributed by atoms with Crippen LogP contribution in [0.25, 0.3) is 16.9 Å². The lowest BCUT2D eigenvalue weighted by Gasteiger charge is -2.14. The molecule has 0 aliphatic rings. The minimum absolute atomic E-state index is 0.0731. The Bertz CT molecular complexity index is 1000. The van der Waals surface area contributed by atoms with Gasteiger partial charge in [-0.1, -0.05) is 37.0 Å². The molecular weight excluding hydrogens is 357 g/mol. The summed E-state index contributed by atoms with van der Waals surface area (Å²) in [6, 6.07) is 7.24. The van der Waals surface area contributed by atoms with Gasteiger partial charge in [0.05, 0.1) is 5.02 Å². The van der Waals surface area contributed by atoms with Gasteiger partial charge in [-0.15, -0.1) is 5.10 Å². The second-order valence-corrected chi connectivity index (χ2v) is 7.17. The maximum Gasteiger partial charge on any atom is 0.278 e. The molecule has 3 rings (SSSR count). The fourth-order valence-corrected chi connectivity index (χ4v) is 3.73. The van der Waals surface area contributed by atoms with Crippen molar-refractivity contribution in [2.75, 3.05) is 0 Å². The highest BCUT2D eigenvalue weighted by Gasteiger charge is 2.21. The highest BCUT2D eigenvalue weighted by atomic mass is 35.5. The molecule has 4 nitrogen and oxygen atoms in total. The van der Waals surface area contributed by atoms with Gasteiger partial charge in [0.1, 0.15) is 5.52 Å². The number of hydrogen-bond acceptors (Lipinski definition) is 2. The Morgan fingerprint density at radius 2 is 1.84 bits per heavy atom. The van der Waals surface area contributed by atoms with Gasteiger partial charge in [0.2, 0.25) is 0 Å². The summed E-state index contributed by atoms with van der Waals surface area (Å²) < 4.78 is 3.29. The van der Waals surface area contributed by atoms with Crippen LogP contribution in [0.4, 0.5) is 0 Å². The third kappa shape index (κ3) is 2.98. The predicted octanol–water partition coefficient (Wildman–Crippen LogP) is 5.22. The van der Waals surface area contributed by atoms with Crippen molar-refractivity contribution >= 4 is 28.7 Å². The first-order valence-corrected chi connectivity index (χ1v) is 9.19. The van der Waals surface area contributed by atoms with Gasteiger partial charge in [-0.2, -0.15) is 0 Å². The largest absolute Gasteiger partial charge is 0.292 e. The van der Waals surface area contributed by atoms with Crippen molar-refractivity contribution in [3.05, 3.63) is 55.9 Å². The number of aryl methyl sites for hydroxylation is 1. The van der Waals surface area contributed by atoms with Crippen molar-refractivity contribution in [3.63, 3.8) is 0 Å². The zero-order valence-corrected chi connectivity index (χ0v) is 16.3. The van der Waals surface area contributed by atoms with Crippen LogP contribution in [0.15, 0.2) is 29.1 Å². The molecule has 3 aromatic rings. The van der Waals surface area contributed by atoms with Crippen molar-refractivity contribution < 1.29 is 0 Å². The van der Waals surface area contributed by atoms with Gasteiger partial charge in [-0.3, -0.25) is 9.36 Å². The van der Waals surface area contributed by atoms with Crippen LogP contribution in [0.3, 0.4) is 0 Å². The summed E-state index contributed by atoms with van der Waals surface area (Å²) in [6.07, 6.45) is 1.97. The lowest BCUT2D eigenvalue weighted by atomic mass is 9.95. The van der Waals surface area contributed by atoms with Crippen molar-refractivity contribution in [1.29, 1.82) is 0 Å². The number of fused-ring (bicyclic) bond motifs is 1. The molecule has 0 unspecified atom stereocenters. The Morgan fingerprint density at radius 3 is 2.48 bits per heavy atom. The van der Waals surface area contributed by atoms with E-state index in [2.05, 4.69) is 19.9 Å². The van der Waals surface area contributed by atoms with Gasteiger partial charge in [0.15, 0.2) is 5.82 Å². The van der Waals surface area contributed by atoms with E-state index >= 15 is 0 Å². The molecule has 0 aliphatic heterocycles. The SMILES string of the molecule is CCC(CC)c1cc(C)n2nc(-c3cc(Cl)ccc3Cl)n(C)c(=O)c12. The van der Waals surface area contributed by atoms with Gasteiger partial charge in [-0.05, 0) is 55.5 Å². The van der Waals surface area contributed by atoms with E-state index in [1.165, 1.54) is 0 Å². The monoisotopic (exact) mass is 377 g/mol. The maximum absolute atomic E-state index is 13.1. The zero-order valence-electron chi connectivity index (χ0n) is 14.8. The first-order chi connectivity index (χ1) is 11.9. The number of benzene rings is 1. The summed E-state index contributed by atoms with van der Waals surface area (Å²) in [5, 5.41) is 5.78. The number of hydrogen-bond donors (Lipinski definition) is 0. The van der Waals surface area contributed by atoms with E-state index in [-0.39, 0.29) is 5.56 Å². The molecule has 0 N–H and O–H groups in total. The Labute approximate surface area is 157 Å². The fourth-order valence-electron chi connectivity index (χ4n) is 3.36. The number of rotatable bonds is 4. The quantitative estimate of drug-likeness (QED) is 0.625. The van der Waals surface area contributed by atoms with Crippen molar-refractivity contribution in [2.24, 2.45) is 7.05 Å². The number of nitrogens with zero attached hydrogens (tertiary/aromatic N) is 3. The Hall–Kier alpha value is -1.78.